The van der Waals surface area contributed by atoms with Gasteiger partial charge >= 0.3 is 0 Å². The van der Waals surface area contributed by atoms with E-state index in [9.17, 15) is 4.79 Å². The molecule has 3 nitrogen and oxygen atoms in total. The first-order chi connectivity index (χ1) is 8.66. The molecule has 1 aromatic carbocycles. The number of carbonyl (C=O) groups excluding carboxylic acids is 1. The van der Waals surface area contributed by atoms with Crippen molar-refractivity contribution in [1.82, 2.24) is 0 Å². The van der Waals surface area contributed by atoms with Gasteiger partial charge in [0.15, 0.2) is 0 Å². The van der Waals surface area contributed by atoms with Crippen molar-refractivity contribution in [1.29, 1.82) is 0 Å². The summed E-state index contributed by atoms with van der Waals surface area (Å²) in [4.78, 5) is 12.1. The highest BCUT2D eigenvalue weighted by Gasteiger charge is 2.27. The van der Waals surface area contributed by atoms with Gasteiger partial charge in [0.25, 0.3) is 0 Å². The van der Waals surface area contributed by atoms with Crippen LogP contribution in [0.4, 0.5) is 5.69 Å². The van der Waals surface area contributed by atoms with Gasteiger partial charge in [0.2, 0.25) is 5.91 Å². The molecule has 1 aromatic rings. The minimum Gasteiger partial charge on any atom is -0.328 e. The summed E-state index contributed by atoms with van der Waals surface area (Å²) in [6.07, 6.45) is 4.07. The van der Waals surface area contributed by atoms with Crippen molar-refractivity contribution in [2.24, 2.45) is 17.6 Å². The van der Waals surface area contributed by atoms with Crippen LogP contribution in [-0.2, 0) is 4.79 Å². The fourth-order valence-electron chi connectivity index (χ4n) is 2.67. The van der Waals surface area contributed by atoms with Crippen LogP contribution in [0, 0.1) is 11.8 Å². The Morgan fingerprint density at radius 2 is 1.83 bits per heavy atom. The first-order valence-electron chi connectivity index (χ1n) is 6.78. The van der Waals surface area contributed by atoms with Gasteiger partial charge in [-0.05, 0) is 50.7 Å². The maximum Gasteiger partial charge on any atom is 0.227 e. The molecule has 0 unspecified atom stereocenters. The van der Waals surface area contributed by atoms with Crippen LogP contribution in [0.2, 0.25) is 0 Å². The van der Waals surface area contributed by atoms with Crippen LogP contribution in [0.5, 0.6) is 0 Å². The monoisotopic (exact) mass is 246 g/mol. The summed E-state index contributed by atoms with van der Waals surface area (Å²) in [5.74, 6) is 0.898. The predicted molar refractivity (Wildman–Crippen MR) is 74.2 cm³/mol. The third-order valence-electron chi connectivity index (χ3n) is 3.93. The van der Waals surface area contributed by atoms with Gasteiger partial charge in [-0.1, -0.05) is 18.2 Å². The van der Waals surface area contributed by atoms with Gasteiger partial charge < -0.3 is 11.1 Å². The fraction of sp³-hybridized carbons (Fsp3) is 0.533. The Morgan fingerprint density at radius 3 is 2.39 bits per heavy atom. The number of hydrogen-bond donors (Lipinski definition) is 2. The van der Waals surface area contributed by atoms with Gasteiger partial charge in [-0.25, -0.2) is 0 Å². The molecule has 18 heavy (non-hydrogen) atoms. The number of amides is 1. The minimum absolute atomic E-state index is 0.153. The molecule has 0 bridgehead atoms. The zero-order chi connectivity index (χ0) is 13.0. The number of nitrogens with two attached hydrogens (primary N) is 1. The molecule has 1 amide bonds. The molecule has 1 aliphatic rings. The van der Waals surface area contributed by atoms with Crippen molar-refractivity contribution < 1.29 is 4.79 Å². The second-order valence-electron chi connectivity index (χ2n) is 5.33. The van der Waals surface area contributed by atoms with E-state index in [1.807, 2.05) is 30.3 Å². The summed E-state index contributed by atoms with van der Waals surface area (Å²) in [5, 5.41) is 2.99. The Balaban J connectivity index is 1.85. The molecule has 1 saturated carbocycles. The molecule has 1 aliphatic carbocycles. The standard InChI is InChI=1S/C15H22N2O/c1-11(16)12-7-9-13(10-8-12)15(18)17-14-5-3-2-4-6-14/h2-6,11-13H,7-10,16H2,1H3,(H,17,18)/t11-,12?,13?/m1/s1. The number of rotatable bonds is 3. The average molecular weight is 246 g/mol. The molecule has 0 aromatic heterocycles. The van der Waals surface area contributed by atoms with Crippen molar-refractivity contribution in [2.45, 2.75) is 38.6 Å². The summed E-state index contributed by atoms with van der Waals surface area (Å²) in [6, 6.07) is 9.91. The maximum atomic E-state index is 12.1. The number of carbonyl (C=O) groups is 1. The lowest BCUT2D eigenvalue weighted by Crippen LogP contribution is -2.33. The van der Waals surface area contributed by atoms with Gasteiger partial charge in [-0.2, -0.15) is 0 Å². The number of hydrogen-bond acceptors (Lipinski definition) is 2. The first kappa shape index (κ1) is 13.1. The SMILES string of the molecule is C[C@@H](N)C1CCC(C(=O)Nc2ccccc2)CC1. The van der Waals surface area contributed by atoms with Gasteiger partial charge in [0, 0.05) is 17.6 Å². The lowest BCUT2D eigenvalue weighted by Gasteiger charge is -2.29. The molecule has 3 N–H and O–H groups in total. The van der Waals surface area contributed by atoms with Crippen LogP contribution >= 0.6 is 0 Å². The molecular weight excluding hydrogens is 224 g/mol. The molecule has 1 atom stereocenters. The van der Waals surface area contributed by atoms with Crippen LogP contribution in [0.25, 0.3) is 0 Å². The van der Waals surface area contributed by atoms with Crippen LogP contribution < -0.4 is 11.1 Å². The average Bonchev–Trinajstić information content (AvgIpc) is 2.40. The van der Waals surface area contributed by atoms with Gasteiger partial charge in [-0.3, -0.25) is 4.79 Å². The molecule has 0 radical (unpaired) electrons. The van der Waals surface area contributed by atoms with E-state index in [2.05, 4.69) is 12.2 Å². The molecule has 1 fully saturated rings. The third kappa shape index (κ3) is 3.33. The Kier molecular flexibility index (Phi) is 4.37. The van der Waals surface area contributed by atoms with E-state index in [-0.39, 0.29) is 17.9 Å². The minimum atomic E-state index is 0.153. The molecule has 2 rings (SSSR count). The predicted octanol–water partition coefficient (Wildman–Crippen LogP) is 2.78. The van der Waals surface area contributed by atoms with E-state index in [1.165, 1.54) is 0 Å². The lowest BCUT2D eigenvalue weighted by molar-refractivity contribution is -0.121. The van der Waals surface area contributed by atoms with E-state index >= 15 is 0 Å². The highest BCUT2D eigenvalue weighted by Crippen LogP contribution is 2.30. The van der Waals surface area contributed by atoms with Crippen molar-refractivity contribution >= 4 is 11.6 Å². The Bertz CT molecular complexity index is 381. The van der Waals surface area contributed by atoms with Crippen molar-refractivity contribution in [3.63, 3.8) is 0 Å². The molecular formula is C15H22N2O. The Labute approximate surface area is 109 Å². The second-order valence-corrected chi connectivity index (χ2v) is 5.33. The molecule has 98 valence electrons. The summed E-state index contributed by atoms with van der Waals surface area (Å²) >= 11 is 0. The van der Waals surface area contributed by atoms with Crippen molar-refractivity contribution in [3.8, 4) is 0 Å². The van der Waals surface area contributed by atoms with E-state index in [0.29, 0.717) is 5.92 Å². The molecule has 0 aliphatic heterocycles. The first-order valence-corrected chi connectivity index (χ1v) is 6.78. The van der Waals surface area contributed by atoms with Crippen molar-refractivity contribution in [2.75, 3.05) is 5.32 Å². The zero-order valence-electron chi connectivity index (χ0n) is 10.9. The number of anilines is 1. The molecule has 0 saturated heterocycles. The lowest BCUT2D eigenvalue weighted by atomic mass is 9.79. The smallest absolute Gasteiger partial charge is 0.227 e. The summed E-state index contributed by atoms with van der Waals surface area (Å²) in [7, 11) is 0. The van der Waals surface area contributed by atoms with Crippen LogP contribution in [0.15, 0.2) is 30.3 Å². The van der Waals surface area contributed by atoms with Gasteiger partial charge in [0.1, 0.15) is 0 Å². The number of benzene rings is 1. The highest BCUT2D eigenvalue weighted by atomic mass is 16.1. The third-order valence-corrected chi connectivity index (χ3v) is 3.93. The summed E-state index contributed by atoms with van der Waals surface area (Å²) in [5.41, 5.74) is 6.80. The molecule has 0 heterocycles. The normalized spacial score (nSPS) is 25.4. The van der Waals surface area contributed by atoms with Crippen LogP contribution in [0.1, 0.15) is 32.6 Å². The summed E-state index contributed by atoms with van der Waals surface area (Å²) < 4.78 is 0. The maximum absolute atomic E-state index is 12.1. The largest absolute Gasteiger partial charge is 0.328 e. The van der Waals surface area contributed by atoms with E-state index in [1.54, 1.807) is 0 Å². The van der Waals surface area contributed by atoms with Crippen molar-refractivity contribution in [3.05, 3.63) is 30.3 Å². The molecule has 3 heteroatoms. The fourth-order valence-corrected chi connectivity index (χ4v) is 2.67. The quantitative estimate of drug-likeness (QED) is 0.861. The summed E-state index contributed by atoms with van der Waals surface area (Å²) in [6.45, 7) is 2.06. The van der Waals surface area contributed by atoms with Crippen LogP contribution in [-0.4, -0.2) is 11.9 Å². The molecule has 0 spiro atoms. The number of para-hydroxylation sites is 1. The van der Waals surface area contributed by atoms with Gasteiger partial charge in [0.05, 0.1) is 0 Å². The van der Waals surface area contributed by atoms with E-state index in [0.717, 1.165) is 31.4 Å². The second kappa shape index (κ2) is 6.01. The Hall–Kier alpha value is -1.35. The number of nitrogens with one attached hydrogen (secondary N) is 1. The zero-order valence-corrected chi connectivity index (χ0v) is 10.9. The van der Waals surface area contributed by atoms with Crippen LogP contribution in [0.3, 0.4) is 0 Å². The Morgan fingerprint density at radius 1 is 1.22 bits per heavy atom. The van der Waals surface area contributed by atoms with E-state index in [4.69, 9.17) is 5.73 Å². The topological polar surface area (TPSA) is 55.1 Å². The van der Waals surface area contributed by atoms with E-state index < -0.39 is 0 Å². The highest BCUT2D eigenvalue weighted by molar-refractivity contribution is 5.92. The van der Waals surface area contributed by atoms with Gasteiger partial charge in [-0.15, -0.1) is 0 Å².